The minimum absolute atomic E-state index is 0.174. The molecule has 3 N–H and O–H groups in total. The normalized spacial score (nSPS) is 17.8. The van der Waals surface area contributed by atoms with Crippen LogP contribution in [-0.2, 0) is 4.79 Å². The van der Waals surface area contributed by atoms with Crippen LogP contribution in [0.2, 0.25) is 0 Å². The number of carbonyl (C=O) groups excluding carboxylic acids is 3. The zero-order valence-corrected chi connectivity index (χ0v) is 22.5. The van der Waals surface area contributed by atoms with Crippen molar-refractivity contribution < 1.29 is 19.1 Å². The Bertz CT molecular complexity index is 1650. The standard InChI is InChI=1S/C29H26N6O4S/c1-3-22(36)32-18-7-6-8-19(18)33-27(37)26-25-24-21(12-14-31-28(24)40-26)35(29(38)34-25)20-11-10-17(15-16(20)2)39-23-9-4-5-13-30-23/h3-5,9-15,18-19H,1,6-8H2,2H3,(H,32,36)(H,33,37)(H,34,38)/t18-,19+/m0/s1. The molecule has 3 aromatic heterocycles. The van der Waals surface area contributed by atoms with Crippen LogP contribution >= 0.6 is 11.3 Å². The van der Waals surface area contributed by atoms with E-state index in [1.54, 1.807) is 35.5 Å². The van der Waals surface area contributed by atoms with Crippen LogP contribution in [0.3, 0.4) is 0 Å². The average Bonchev–Trinajstić information content (AvgIpc) is 3.55. The summed E-state index contributed by atoms with van der Waals surface area (Å²) >= 11 is 1.23. The number of hydrogen-bond acceptors (Lipinski definition) is 7. The molecule has 0 spiro atoms. The molecule has 11 heteroatoms. The lowest BCUT2D eigenvalue weighted by Crippen LogP contribution is -2.48. The first-order valence-corrected chi connectivity index (χ1v) is 13.7. The average molecular weight is 555 g/mol. The fraction of sp³-hybridized carbons (Fsp3) is 0.207. The van der Waals surface area contributed by atoms with E-state index in [2.05, 4.69) is 32.5 Å². The first kappa shape index (κ1) is 25.5. The smallest absolute Gasteiger partial charge is 0.331 e. The van der Waals surface area contributed by atoms with Crippen molar-refractivity contribution in [1.82, 2.24) is 20.6 Å². The summed E-state index contributed by atoms with van der Waals surface area (Å²) in [6.45, 7) is 5.40. The molecule has 1 fully saturated rings. The van der Waals surface area contributed by atoms with Crippen LogP contribution < -0.4 is 25.6 Å². The van der Waals surface area contributed by atoms with E-state index in [0.29, 0.717) is 43.8 Å². The number of urea groups is 1. The molecule has 40 heavy (non-hydrogen) atoms. The third-order valence-electron chi connectivity index (χ3n) is 7.07. The van der Waals surface area contributed by atoms with Gasteiger partial charge in [0.1, 0.15) is 15.5 Å². The number of aryl methyl sites for hydroxylation is 1. The van der Waals surface area contributed by atoms with Gasteiger partial charge in [-0.3, -0.25) is 14.5 Å². The van der Waals surface area contributed by atoms with Crippen LogP contribution in [0.1, 0.15) is 34.5 Å². The summed E-state index contributed by atoms with van der Waals surface area (Å²) in [6, 6.07) is 11.9. The highest BCUT2D eigenvalue weighted by atomic mass is 32.1. The minimum Gasteiger partial charge on any atom is -0.439 e. The predicted molar refractivity (Wildman–Crippen MR) is 154 cm³/mol. The lowest BCUT2D eigenvalue weighted by atomic mass is 10.1. The number of carbonyl (C=O) groups is 3. The quantitative estimate of drug-likeness (QED) is 0.262. The molecule has 6 rings (SSSR count). The number of benzene rings is 1. The molecular formula is C29H26N6O4S. The predicted octanol–water partition coefficient (Wildman–Crippen LogP) is 5.43. The van der Waals surface area contributed by atoms with Crippen molar-refractivity contribution in [1.29, 1.82) is 0 Å². The Labute approximate surface area is 234 Å². The Kier molecular flexibility index (Phi) is 6.64. The van der Waals surface area contributed by atoms with E-state index in [1.807, 2.05) is 31.2 Å². The number of nitrogens with one attached hydrogen (secondary N) is 3. The Hall–Kier alpha value is -4.77. The summed E-state index contributed by atoms with van der Waals surface area (Å²) in [4.78, 5) is 50.1. The van der Waals surface area contributed by atoms with Crippen molar-refractivity contribution in [2.24, 2.45) is 0 Å². The van der Waals surface area contributed by atoms with Crippen LogP contribution in [0.4, 0.5) is 21.9 Å². The van der Waals surface area contributed by atoms with E-state index >= 15 is 0 Å². The monoisotopic (exact) mass is 554 g/mol. The second-order valence-electron chi connectivity index (χ2n) is 9.63. The van der Waals surface area contributed by atoms with Crippen molar-refractivity contribution in [3.8, 4) is 11.6 Å². The number of thiophene rings is 1. The van der Waals surface area contributed by atoms with Crippen LogP contribution in [0.5, 0.6) is 11.6 Å². The lowest BCUT2D eigenvalue weighted by Gasteiger charge is -2.29. The molecule has 1 aromatic carbocycles. The highest BCUT2D eigenvalue weighted by molar-refractivity contribution is 7.21. The second kappa shape index (κ2) is 10.4. The van der Waals surface area contributed by atoms with E-state index in [1.165, 1.54) is 17.4 Å². The maximum Gasteiger partial charge on any atom is 0.331 e. The molecule has 4 heterocycles. The van der Waals surface area contributed by atoms with E-state index < -0.39 is 0 Å². The molecule has 0 saturated heterocycles. The number of amides is 4. The number of ether oxygens (including phenoxy) is 1. The van der Waals surface area contributed by atoms with Gasteiger partial charge < -0.3 is 20.7 Å². The van der Waals surface area contributed by atoms with Crippen molar-refractivity contribution >= 4 is 56.5 Å². The van der Waals surface area contributed by atoms with Crippen molar-refractivity contribution in [2.45, 2.75) is 38.3 Å². The molecule has 4 amide bonds. The SMILES string of the molecule is C=CC(=O)N[C@H]1CCC[C@H]1NC(=O)c1sc2nccc3c2c1NC(=O)N3c1ccc(Oc2ccccn2)cc1C. The van der Waals surface area contributed by atoms with E-state index in [4.69, 9.17) is 4.74 Å². The maximum absolute atomic E-state index is 13.5. The van der Waals surface area contributed by atoms with Crippen molar-refractivity contribution in [3.63, 3.8) is 0 Å². The third-order valence-corrected chi connectivity index (χ3v) is 8.16. The lowest BCUT2D eigenvalue weighted by molar-refractivity contribution is -0.117. The molecule has 0 unspecified atom stereocenters. The fourth-order valence-electron chi connectivity index (χ4n) is 5.24. The molecule has 10 nitrogen and oxygen atoms in total. The van der Waals surface area contributed by atoms with Gasteiger partial charge in [-0.25, -0.2) is 14.8 Å². The molecule has 0 bridgehead atoms. The zero-order chi connectivity index (χ0) is 27.8. The Balaban J connectivity index is 1.30. The summed E-state index contributed by atoms with van der Waals surface area (Å²) in [5.41, 5.74) is 2.57. The van der Waals surface area contributed by atoms with Crippen molar-refractivity contribution in [2.75, 3.05) is 10.2 Å². The first-order valence-electron chi connectivity index (χ1n) is 12.9. The summed E-state index contributed by atoms with van der Waals surface area (Å²) in [5.74, 6) is 0.495. The van der Waals surface area contributed by atoms with Crippen LogP contribution in [0.25, 0.3) is 10.2 Å². The van der Waals surface area contributed by atoms with Gasteiger partial charge in [-0.1, -0.05) is 12.6 Å². The van der Waals surface area contributed by atoms with Gasteiger partial charge in [0.2, 0.25) is 11.8 Å². The Morgan fingerprint density at radius 3 is 2.67 bits per heavy atom. The highest BCUT2D eigenvalue weighted by Gasteiger charge is 2.35. The Morgan fingerprint density at radius 2 is 1.93 bits per heavy atom. The van der Waals surface area contributed by atoms with Gasteiger partial charge in [0.15, 0.2) is 0 Å². The van der Waals surface area contributed by atoms with Gasteiger partial charge in [-0.05, 0) is 68.2 Å². The van der Waals surface area contributed by atoms with Crippen LogP contribution in [0.15, 0.2) is 67.5 Å². The molecule has 2 aliphatic rings. The van der Waals surface area contributed by atoms with Crippen LogP contribution in [0, 0.1) is 6.92 Å². The molecule has 1 saturated carbocycles. The molecular weight excluding hydrogens is 528 g/mol. The molecule has 4 aromatic rings. The first-order chi connectivity index (χ1) is 19.4. The Morgan fingerprint density at radius 1 is 1.10 bits per heavy atom. The molecule has 1 aliphatic carbocycles. The van der Waals surface area contributed by atoms with Crippen LogP contribution in [-0.4, -0.2) is 39.9 Å². The molecule has 0 radical (unpaired) electrons. The number of nitrogens with zero attached hydrogens (tertiary/aromatic N) is 3. The summed E-state index contributed by atoms with van der Waals surface area (Å²) in [5, 5.41) is 9.59. The number of aromatic nitrogens is 2. The van der Waals surface area contributed by atoms with Gasteiger partial charge in [-0.15, -0.1) is 11.3 Å². The summed E-state index contributed by atoms with van der Waals surface area (Å²) in [6.07, 6.45) is 6.92. The van der Waals surface area contributed by atoms with E-state index in [0.717, 1.165) is 24.8 Å². The summed E-state index contributed by atoms with van der Waals surface area (Å²) in [7, 11) is 0. The molecule has 1 aliphatic heterocycles. The number of hydrogen-bond donors (Lipinski definition) is 3. The van der Waals surface area contributed by atoms with E-state index in [-0.39, 0.29) is 29.9 Å². The van der Waals surface area contributed by atoms with Gasteiger partial charge in [0, 0.05) is 30.5 Å². The fourth-order valence-corrected chi connectivity index (χ4v) is 6.26. The number of pyridine rings is 2. The topological polar surface area (TPSA) is 126 Å². The van der Waals surface area contributed by atoms with E-state index in [9.17, 15) is 14.4 Å². The van der Waals surface area contributed by atoms with Gasteiger partial charge >= 0.3 is 6.03 Å². The van der Waals surface area contributed by atoms with Gasteiger partial charge in [-0.2, -0.15) is 0 Å². The minimum atomic E-state index is -0.383. The summed E-state index contributed by atoms with van der Waals surface area (Å²) < 4.78 is 5.85. The van der Waals surface area contributed by atoms with Crippen molar-refractivity contribution in [3.05, 3.63) is 78.0 Å². The maximum atomic E-state index is 13.5. The number of anilines is 3. The zero-order valence-electron chi connectivity index (χ0n) is 21.6. The highest BCUT2D eigenvalue weighted by Crippen LogP contribution is 2.46. The molecule has 2 atom stereocenters. The number of rotatable bonds is 7. The van der Waals surface area contributed by atoms with Gasteiger partial charge in [0.25, 0.3) is 5.91 Å². The largest absolute Gasteiger partial charge is 0.439 e. The van der Waals surface area contributed by atoms with Gasteiger partial charge in [0.05, 0.1) is 22.4 Å². The third kappa shape index (κ3) is 4.64. The second-order valence-corrected chi connectivity index (χ2v) is 10.6. The molecule has 202 valence electrons.